The van der Waals surface area contributed by atoms with Crippen molar-refractivity contribution in [2.45, 2.75) is 6.42 Å². The lowest BCUT2D eigenvalue weighted by Gasteiger charge is -2.08. The third-order valence-electron chi connectivity index (χ3n) is 3.07. The maximum absolute atomic E-state index is 12.1. The van der Waals surface area contributed by atoms with E-state index >= 15 is 0 Å². The standard InChI is InChI=1S/C17H18N2O4/c18-9-10-23-15-7-3-13(4-8-15)17(22)19-14-5-1-12(2-6-14)11-16(20)21/h1-8H,9-11,18H2,(H,19,22)(H,20,21). The predicted octanol–water partition coefficient (Wildman–Crippen LogP) is 1.90. The van der Waals surface area contributed by atoms with Gasteiger partial charge in [0.15, 0.2) is 0 Å². The Labute approximate surface area is 133 Å². The molecule has 2 aromatic carbocycles. The molecule has 0 aromatic heterocycles. The molecule has 0 heterocycles. The largest absolute Gasteiger partial charge is 0.492 e. The minimum atomic E-state index is -0.890. The second kappa shape index (κ2) is 7.95. The fraction of sp³-hybridized carbons (Fsp3) is 0.176. The lowest BCUT2D eigenvalue weighted by molar-refractivity contribution is -0.136. The van der Waals surface area contributed by atoms with Gasteiger partial charge in [-0.2, -0.15) is 0 Å². The number of benzene rings is 2. The van der Waals surface area contributed by atoms with Gasteiger partial charge < -0.3 is 20.9 Å². The Morgan fingerprint density at radius 3 is 2.26 bits per heavy atom. The summed E-state index contributed by atoms with van der Waals surface area (Å²) in [5.41, 5.74) is 7.14. The van der Waals surface area contributed by atoms with Gasteiger partial charge in [0.1, 0.15) is 12.4 Å². The summed E-state index contributed by atoms with van der Waals surface area (Å²) < 4.78 is 5.35. The smallest absolute Gasteiger partial charge is 0.307 e. The van der Waals surface area contributed by atoms with Gasteiger partial charge in [-0.25, -0.2) is 0 Å². The summed E-state index contributed by atoms with van der Waals surface area (Å²) in [6.07, 6.45) is -0.0432. The molecule has 0 aliphatic rings. The number of rotatable bonds is 7. The van der Waals surface area contributed by atoms with Gasteiger partial charge in [-0.3, -0.25) is 9.59 Å². The highest BCUT2D eigenvalue weighted by molar-refractivity contribution is 6.04. The van der Waals surface area contributed by atoms with Crippen LogP contribution in [0.15, 0.2) is 48.5 Å². The minimum absolute atomic E-state index is 0.0432. The molecule has 2 rings (SSSR count). The topological polar surface area (TPSA) is 102 Å². The molecular formula is C17H18N2O4. The van der Waals surface area contributed by atoms with E-state index in [0.717, 1.165) is 0 Å². The maximum Gasteiger partial charge on any atom is 0.307 e. The van der Waals surface area contributed by atoms with Gasteiger partial charge in [-0.15, -0.1) is 0 Å². The molecule has 120 valence electrons. The number of carbonyl (C=O) groups excluding carboxylic acids is 1. The van der Waals surface area contributed by atoms with Crippen LogP contribution in [0.5, 0.6) is 5.75 Å². The molecule has 0 atom stereocenters. The van der Waals surface area contributed by atoms with Crippen molar-refractivity contribution in [3.05, 3.63) is 59.7 Å². The first-order valence-corrected chi connectivity index (χ1v) is 7.13. The van der Waals surface area contributed by atoms with Crippen LogP contribution in [0, 0.1) is 0 Å². The molecule has 0 radical (unpaired) electrons. The number of ether oxygens (including phenoxy) is 1. The molecule has 0 saturated heterocycles. The monoisotopic (exact) mass is 314 g/mol. The van der Waals surface area contributed by atoms with Gasteiger partial charge in [0, 0.05) is 17.8 Å². The predicted molar refractivity (Wildman–Crippen MR) is 86.7 cm³/mol. The number of carbonyl (C=O) groups is 2. The first-order chi connectivity index (χ1) is 11.1. The summed E-state index contributed by atoms with van der Waals surface area (Å²) >= 11 is 0. The zero-order chi connectivity index (χ0) is 16.7. The van der Waals surface area contributed by atoms with E-state index in [2.05, 4.69) is 5.32 Å². The lowest BCUT2D eigenvalue weighted by Crippen LogP contribution is -2.12. The Kier molecular flexibility index (Phi) is 5.71. The van der Waals surface area contributed by atoms with Crippen molar-refractivity contribution in [3.8, 4) is 5.75 Å². The molecule has 0 fully saturated rings. The van der Waals surface area contributed by atoms with Crippen molar-refractivity contribution in [1.29, 1.82) is 0 Å². The molecule has 2 aromatic rings. The van der Waals surface area contributed by atoms with E-state index in [1.165, 1.54) is 0 Å². The van der Waals surface area contributed by atoms with Crippen molar-refractivity contribution >= 4 is 17.6 Å². The van der Waals surface area contributed by atoms with Crippen LogP contribution in [0.1, 0.15) is 15.9 Å². The highest BCUT2D eigenvalue weighted by Crippen LogP contribution is 2.15. The first kappa shape index (κ1) is 16.5. The molecule has 0 spiro atoms. The molecule has 0 saturated carbocycles. The van der Waals surface area contributed by atoms with E-state index in [1.807, 2.05) is 0 Å². The zero-order valence-electron chi connectivity index (χ0n) is 12.5. The van der Waals surface area contributed by atoms with E-state index in [1.54, 1.807) is 48.5 Å². The maximum atomic E-state index is 12.1. The normalized spacial score (nSPS) is 10.1. The molecule has 6 nitrogen and oxygen atoms in total. The summed E-state index contributed by atoms with van der Waals surface area (Å²) in [6, 6.07) is 13.5. The van der Waals surface area contributed by atoms with Crippen LogP contribution in [0.4, 0.5) is 5.69 Å². The number of carboxylic acid groups (broad SMARTS) is 1. The van der Waals surface area contributed by atoms with Crippen LogP contribution in [0.2, 0.25) is 0 Å². The number of hydrogen-bond donors (Lipinski definition) is 3. The molecule has 6 heteroatoms. The molecule has 23 heavy (non-hydrogen) atoms. The summed E-state index contributed by atoms with van der Waals surface area (Å²) in [7, 11) is 0. The van der Waals surface area contributed by atoms with Crippen molar-refractivity contribution in [3.63, 3.8) is 0 Å². The highest BCUT2D eigenvalue weighted by Gasteiger charge is 2.07. The minimum Gasteiger partial charge on any atom is -0.492 e. The van der Waals surface area contributed by atoms with E-state index in [0.29, 0.717) is 35.7 Å². The molecular weight excluding hydrogens is 296 g/mol. The molecule has 0 aliphatic heterocycles. The van der Waals surface area contributed by atoms with E-state index in [4.69, 9.17) is 15.6 Å². The van der Waals surface area contributed by atoms with Crippen LogP contribution in [0.3, 0.4) is 0 Å². The Hall–Kier alpha value is -2.86. The number of aliphatic carboxylic acids is 1. The Bertz CT molecular complexity index is 666. The van der Waals surface area contributed by atoms with E-state index < -0.39 is 5.97 Å². The van der Waals surface area contributed by atoms with Gasteiger partial charge in [0.2, 0.25) is 0 Å². The van der Waals surface area contributed by atoms with Gasteiger partial charge in [-0.1, -0.05) is 12.1 Å². The number of nitrogens with one attached hydrogen (secondary N) is 1. The third-order valence-corrected chi connectivity index (χ3v) is 3.07. The summed E-state index contributed by atoms with van der Waals surface area (Å²) in [6.45, 7) is 0.856. The summed E-state index contributed by atoms with van der Waals surface area (Å²) in [4.78, 5) is 22.8. The average Bonchev–Trinajstić information content (AvgIpc) is 2.54. The molecule has 4 N–H and O–H groups in total. The van der Waals surface area contributed by atoms with Crippen molar-refractivity contribution in [2.75, 3.05) is 18.5 Å². The zero-order valence-corrected chi connectivity index (χ0v) is 12.5. The van der Waals surface area contributed by atoms with Gasteiger partial charge in [0.05, 0.1) is 6.42 Å². The number of amides is 1. The Morgan fingerprint density at radius 1 is 1.04 bits per heavy atom. The Balaban J connectivity index is 1.96. The highest BCUT2D eigenvalue weighted by atomic mass is 16.5. The first-order valence-electron chi connectivity index (χ1n) is 7.13. The second-order valence-electron chi connectivity index (χ2n) is 4.88. The SMILES string of the molecule is NCCOc1ccc(C(=O)Nc2ccc(CC(=O)O)cc2)cc1. The quantitative estimate of drug-likeness (QED) is 0.724. The van der Waals surface area contributed by atoms with Gasteiger partial charge in [0.25, 0.3) is 5.91 Å². The Morgan fingerprint density at radius 2 is 1.70 bits per heavy atom. The number of nitrogens with two attached hydrogens (primary N) is 1. The fourth-order valence-electron chi connectivity index (χ4n) is 1.96. The number of hydrogen-bond acceptors (Lipinski definition) is 4. The van der Waals surface area contributed by atoms with Crippen LogP contribution in [0.25, 0.3) is 0 Å². The van der Waals surface area contributed by atoms with Gasteiger partial charge in [-0.05, 0) is 42.0 Å². The lowest BCUT2D eigenvalue weighted by atomic mass is 10.1. The van der Waals surface area contributed by atoms with Gasteiger partial charge >= 0.3 is 5.97 Å². The average molecular weight is 314 g/mol. The van der Waals surface area contributed by atoms with E-state index in [9.17, 15) is 9.59 Å². The fourth-order valence-corrected chi connectivity index (χ4v) is 1.96. The summed E-state index contributed by atoms with van der Waals surface area (Å²) in [5, 5.41) is 11.5. The van der Waals surface area contributed by atoms with E-state index in [-0.39, 0.29) is 12.3 Å². The molecule has 0 unspecified atom stereocenters. The van der Waals surface area contributed by atoms with Crippen molar-refractivity contribution in [1.82, 2.24) is 0 Å². The van der Waals surface area contributed by atoms with Crippen LogP contribution >= 0.6 is 0 Å². The van der Waals surface area contributed by atoms with Crippen molar-refractivity contribution < 1.29 is 19.4 Å². The van der Waals surface area contributed by atoms with Crippen molar-refractivity contribution in [2.24, 2.45) is 5.73 Å². The number of anilines is 1. The molecule has 0 aliphatic carbocycles. The van der Waals surface area contributed by atoms with Crippen LogP contribution in [-0.2, 0) is 11.2 Å². The third kappa shape index (κ3) is 5.12. The van der Waals surface area contributed by atoms with Crippen LogP contribution in [-0.4, -0.2) is 30.1 Å². The second-order valence-corrected chi connectivity index (χ2v) is 4.88. The number of carboxylic acids is 1. The molecule has 0 bridgehead atoms. The summed E-state index contributed by atoms with van der Waals surface area (Å²) in [5.74, 6) is -0.481. The molecule has 1 amide bonds. The van der Waals surface area contributed by atoms with Crippen LogP contribution < -0.4 is 15.8 Å².